The molecule has 0 unspecified atom stereocenters. The summed E-state index contributed by atoms with van der Waals surface area (Å²) in [5.41, 5.74) is 1.02. The Morgan fingerprint density at radius 1 is 1.16 bits per heavy atom. The number of ether oxygens (including phenoxy) is 3. The van der Waals surface area contributed by atoms with Gasteiger partial charge in [-0.15, -0.1) is 11.8 Å². The maximum Gasteiger partial charge on any atom is 0.412 e. The highest BCUT2D eigenvalue weighted by Gasteiger charge is 2.29. The van der Waals surface area contributed by atoms with Crippen LogP contribution < -0.4 is 10.1 Å². The van der Waals surface area contributed by atoms with E-state index in [-0.39, 0.29) is 19.8 Å². The molecule has 9 heteroatoms. The highest BCUT2D eigenvalue weighted by Crippen LogP contribution is 2.33. The predicted molar refractivity (Wildman–Crippen MR) is 122 cm³/mol. The van der Waals surface area contributed by atoms with Crippen molar-refractivity contribution in [1.82, 2.24) is 0 Å². The van der Waals surface area contributed by atoms with Crippen LogP contribution in [0.2, 0.25) is 0 Å². The van der Waals surface area contributed by atoms with Crippen LogP contribution in [0, 0.1) is 0 Å². The number of hydrogen-bond donors (Lipinski definition) is 3. The summed E-state index contributed by atoms with van der Waals surface area (Å²) in [6.07, 6.45) is 1.57. The molecule has 0 bridgehead atoms. The number of thioether (sulfide) groups is 1. The van der Waals surface area contributed by atoms with Crippen LogP contribution in [-0.4, -0.2) is 54.5 Å². The number of carboxylic acids is 1. The summed E-state index contributed by atoms with van der Waals surface area (Å²) >= 11 is 1.58. The third-order valence-electron chi connectivity index (χ3n) is 4.23. The van der Waals surface area contributed by atoms with Crippen molar-refractivity contribution in [2.45, 2.75) is 24.0 Å². The summed E-state index contributed by atoms with van der Waals surface area (Å²) in [6, 6.07) is 14.1. The van der Waals surface area contributed by atoms with Crippen LogP contribution in [0.5, 0.6) is 5.75 Å². The predicted octanol–water partition coefficient (Wildman–Crippen LogP) is 4.12. The number of amides is 1. The number of aliphatic hydroxyl groups is 1. The van der Waals surface area contributed by atoms with Crippen molar-refractivity contribution in [1.29, 1.82) is 0 Å². The fourth-order valence-corrected chi connectivity index (χ4v) is 3.27. The number of carbonyl (C=O) groups is 2. The van der Waals surface area contributed by atoms with E-state index in [4.69, 9.17) is 24.4 Å². The van der Waals surface area contributed by atoms with Gasteiger partial charge in [-0.1, -0.05) is 18.2 Å². The summed E-state index contributed by atoms with van der Waals surface area (Å²) in [7, 11) is 0. The van der Waals surface area contributed by atoms with Crippen LogP contribution in [0.25, 0.3) is 0 Å². The Morgan fingerprint density at radius 2 is 1.88 bits per heavy atom. The van der Waals surface area contributed by atoms with E-state index in [2.05, 4.69) is 5.32 Å². The van der Waals surface area contributed by atoms with Crippen molar-refractivity contribution in [3.05, 3.63) is 66.2 Å². The molecule has 172 valence electrons. The maximum absolute atomic E-state index is 12.7. The molecule has 0 saturated heterocycles. The third kappa shape index (κ3) is 7.92. The van der Waals surface area contributed by atoms with Crippen LogP contribution in [0.1, 0.15) is 18.6 Å². The monoisotopic (exact) mass is 461 g/mol. The molecule has 3 N–H and O–H groups in total. The Balaban J connectivity index is 2.34. The third-order valence-corrected chi connectivity index (χ3v) is 4.97. The number of nitrogens with one attached hydrogen (secondary N) is 1. The molecule has 2 aromatic carbocycles. The maximum atomic E-state index is 12.7. The van der Waals surface area contributed by atoms with E-state index in [9.17, 15) is 9.59 Å². The van der Waals surface area contributed by atoms with E-state index in [0.717, 1.165) is 11.0 Å². The van der Waals surface area contributed by atoms with E-state index < -0.39 is 24.3 Å². The molecule has 0 aliphatic heterocycles. The number of para-hydroxylation sites is 1. The van der Waals surface area contributed by atoms with Gasteiger partial charge in [0.15, 0.2) is 6.10 Å². The molecular formula is C23H27NO7S. The minimum absolute atomic E-state index is 0.0436. The Bertz CT molecular complexity index is 901. The van der Waals surface area contributed by atoms with Gasteiger partial charge in [-0.25, -0.2) is 9.59 Å². The van der Waals surface area contributed by atoms with Crippen molar-refractivity contribution < 1.29 is 34.0 Å². The number of hydrogen-bond acceptors (Lipinski definition) is 7. The number of rotatable bonds is 12. The molecule has 0 saturated carbocycles. The van der Waals surface area contributed by atoms with Crippen LogP contribution in [0.15, 0.2) is 65.6 Å². The van der Waals surface area contributed by atoms with E-state index in [1.54, 1.807) is 55.1 Å². The Labute approximate surface area is 191 Å². The van der Waals surface area contributed by atoms with Crippen molar-refractivity contribution in [2.24, 2.45) is 0 Å². The first-order valence-corrected chi connectivity index (χ1v) is 11.2. The highest BCUT2D eigenvalue weighted by atomic mass is 32.2. The first-order chi connectivity index (χ1) is 15.5. The average molecular weight is 462 g/mol. The van der Waals surface area contributed by atoms with E-state index in [1.807, 2.05) is 18.4 Å². The summed E-state index contributed by atoms with van der Waals surface area (Å²) in [4.78, 5) is 24.8. The van der Waals surface area contributed by atoms with Gasteiger partial charge in [0.05, 0.1) is 6.61 Å². The second-order valence-corrected chi connectivity index (χ2v) is 7.29. The lowest BCUT2D eigenvalue weighted by atomic mass is 10.0. The fraction of sp³-hybridized carbons (Fsp3) is 0.304. The lowest BCUT2D eigenvalue weighted by Gasteiger charge is -2.26. The molecule has 0 fully saturated rings. The van der Waals surface area contributed by atoms with Gasteiger partial charge in [-0.3, -0.25) is 5.32 Å². The van der Waals surface area contributed by atoms with Gasteiger partial charge in [0.2, 0.25) is 0 Å². The lowest BCUT2D eigenvalue weighted by molar-refractivity contribution is -0.131. The Kier molecular flexibility index (Phi) is 10.6. The molecule has 0 radical (unpaired) electrons. The zero-order chi connectivity index (χ0) is 23.3. The standard InChI is InChI=1S/C23H27NO7S/c1-3-29-20(12-13-21(26)27)22(18-6-4-5-7-19(18)30-15-14-25)31-23(28)24-16-8-10-17(32-2)11-9-16/h4-13,20,22,25H,3,14-15H2,1-2H3,(H,24,28)(H,26,27)/b13-12+/t20-,22-/m1/s1. The quantitative estimate of drug-likeness (QED) is 0.320. The van der Waals surface area contributed by atoms with Crippen molar-refractivity contribution in [2.75, 3.05) is 31.4 Å². The number of carboxylic acid groups (broad SMARTS) is 1. The second kappa shape index (κ2) is 13.4. The number of carbonyl (C=O) groups excluding carboxylic acids is 1. The van der Waals surface area contributed by atoms with Gasteiger partial charge < -0.3 is 24.4 Å². The molecule has 0 heterocycles. The van der Waals surface area contributed by atoms with Gasteiger partial charge >= 0.3 is 12.1 Å². The number of aliphatic hydroxyl groups excluding tert-OH is 1. The molecule has 1 amide bonds. The van der Waals surface area contributed by atoms with E-state index in [0.29, 0.717) is 17.0 Å². The molecule has 2 atom stereocenters. The van der Waals surface area contributed by atoms with Crippen molar-refractivity contribution >= 4 is 29.5 Å². The first kappa shape index (κ1) is 25.3. The average Bonchev–Trinajstić information content (AvgIpc) is 2.79. The summed E-state index contributed by atoms with van der Waals surface area (Å²) < 4.78 is 17.0. The largest absolute Gasteiger partial charge is 0.491 e. The van der Waals surface area contributed by atoms with Gasteiger partial charge in [-0.2, -0.15) is 0 Å². The normalized spacial score (nSPS) is 12.8. The molecule has 8 nitrogen and oxygen atoms in total. The van der Waals surface area contributed by atoms with Gasteiger partial charge in [-0.05, 0) is 49.6 Å². The van der Waals surface area contributed by atoms with Gasteiger partial charge in [0, 0.05) is 28.8 Å². The molecule has 0 aliphatic carbocycles. The molecule has 2 aromatic rings. The molecule has 0 aromatic heterocycles. The first-order valence-electron chi connectivity index (χ1n) is 9.95. The smallest absolute Gasteiger partial charge is 0.412 e. The van der Waals surface area contributed by atoms with Crippen LogP contribution in [-0.2, 0) is 14.3 Å². The number of aliphatic carboxylic acids is 1. The zero-order valence-electron chi connectivity index (χ0n) is 17.9. The van der Waals surface area contributed by atoms with Gasteiger partial charge in [0.1, 0.15) is 18.5 Å². The van der Waals surface area contributed by atoms with Crippen LogP contribution in [0.4, 0.5) is 10.5 Å². The summed E-state index contributed by atoms with van der Waals surface area (Å²) in [5, 5.41) is 20.8. The van der Waals surface area contributed by atoms with Gasteiger partial charge in [0.25, 0.3) is 0 Å². The van der Waals surface area contributed by atoms with Crippen molar-refractivity contribution in [3.8, 4) is 5.75 Å². The fourth-order valence-electron chi connectivity index (χ4n) is 2.86. The van der Waals surface area contributed by atoms with Crippen LogP contribution >= 0.6 is 11.8 Å². The minimum atomic E-state index is -1.16. The second-order valence-electron chi connectivity index (χ2n) is 6.41. The number of anilines is 1. The van der Waals surface area contributed by atoms with E-state index >= 15 is 0 Å². The summed E-state index contributed by atoms with van der Waals surface area (Å²) in [5.74, 6) is -0.770. The zero-order valence-corrected chi connectivity index (χ0v) is 18.7. The molecule has 0 aliphatic rings. The minimum Gasteiger partial charge on any atom is -0.491 e. The lowest BCUT2D eigenvalue weighted by Crippen LogP contribution is -2.28. The Morgan fingerprint density at radius 3 is 2.50 bits per heavy atom. The molecule has 32 heavy (non-hydrogen) atoms. The Hall–Kier alpha value is -3.01. The molecular weight excluding hydrogens is 434 g/mol. The van der Waals surface area contributed by atoms with Crippen LogP contribution in [0.3, 0.4) is 0 Å². The van der Waals surface area contributed by atoms with Crippen molar-refractivity contribution in [3.63, 3.8) is 0 Å². The van der Waals surface area contributed by atoms with E-state index in [1.165, 1.54) is 6.08 Å². The SMILES string of the molecule is CCO[C@H](/C=C/C(=O)O)[C@H](OC(=O)Nc1ccc(SC)cc1)c1ccccc1OCCO. The summed E-state index contributed by atoms with van der Waals surface area (Å²) in [6.45, 7) is 1.86. The molecule has 2 rings (SSSR count). The highest BCUT2D eigenvalue weighted by molar-refractivity contribution is 7.98. The number of benzene rings is 2. The topological polar surface area (TPSA) is 114 Å². The molecule has 0 spiro atoms.